The second-order valence-electron chi connectivity index (χ2n) is 5.29. The van der Waals surface area contributed by atoms with Crippen LogP contribution < -0.4 is 11.1 Å². The Kier molecular flexibility index (Phi) is 5.23. The quantitative estimate of drug-likeness (QED) is 0.374. The third kappa shape index (κ3) is 4.04. The molecule has 0 aliphatic rings. The Morgan fingerprint density at radius 1 is 1.48 bits per heavy atom. The third-order valence-electron chi connectivity index (χ3n) is 3.48. The summed E-state index contributed by atoms with van der Waals surface area (Å²) >= 11 is 0. The number of nitriles is 1. The van der Waals surface area contributed by atoms with Crippen LogP contribution in [0.1, 0.15) is 17.7 Å². The number of hydrogen-bond donors (Lipinski definition) is 3. The van der Waals surface area contributed by atoms with Crippen LogP contribution in [0, 0.1) is 21.4 Å². The van der Waals surface area contributed by atoms with Crippen molar-refractivity contribution < 1.29 is 13.3 Å². The summed E-state index contributed by atoms with van der Waals surface area (Å²) in [4.78, 5) is 10.2. The molecule has 0 atom stereocenters. The van der Waals surface area contributed by atoms with E-state index in [1.54, 1.807) is 0 Å². The minimum absolute atomic E-state index is 0.123. The molecule has 0 spiro atoms. The lowest BCUT2D eigenvalue weighted by Crippen LogP contribution is -2.09. The molecule has 0 amide bonds. The summed E-state index contributed by atoms with van der Waals surface area (Å²) in [6, 6.07) is 6.04. The summed E-state index contributed by atoms with van der Waals surface area (Å²) < 4.78 is 23.4. The predicted molar refractivity (Wildman–Crippen MR) is 90.7 cm³/mol. The maximum atomic E-state index is 11.7. The van der Waals surface area contributed by atoms with Crippen LogP contribution in [0.25, 0.3) is 0 Å². The number of nitrogens with zero attached hydrogens (tertiary/aromatic N) is 3. The molecule has 1 aromatic carbocycles. The van der Waals surface area contributed by atoms with Crippen LogP contribution in [0.2, 0.25) is 0 Å². The van der Waals surface area contributed by atoms with E-state index in [0.717, 1.165) is 6.26 Å². The fraction of sp³-hybridized carbons (Fsp3) is 0.286. The Bertz CT molecular complexity index is 945. The first-order chi connectivity index (χ1) is 11.8. The summed E-state index contributed by atoms with van der Waals surface area (Å²) in [6.45, 7) is 0.331. The van der Waals surface area contributed by atoms with Crippen molar-refractivity contribution in [3.63, 3.8) is 0 Å². The number of nitrogen functional groups attached to an aromatic ring is 1. The van der Waals surface area contributed by atoms with Gasteiger partial charge in [0.2, 0.25) is 0 Å². The highest BCUT2D eigenvalue weighted by molar-refractivity contribution is 7.90. The van der Waals surface area contributed by atoms with Crippen molar-refractivity contribution >= 4 is 27.0 Å². The number of para-hydroxylation sites is 1. The number of anilines is 2. The molecule has 2 aromatic rings. The van der Waals surface area contributed by atoms with Crippen LogP contribution in [0.4, 0.5) is 17.2 Å². The molecule has 0 bridgehead atoms. The number of nitrogens with one attached hydrogen (secondary N) is 2. The minimum atomic E-state index is -3.73. The number of rotatable bonds is 7. The third-order valence-corrected chi connectivity index (χ3v) is 4.61. The fourth-order valence-electron chi connectivity index (χ4n) is 2.34. The monoisotopic (exact) mass is 364 g/mol. The van der Waals surface area contributed by atoms with Gasteiger partial charge in [0.1, 0.15) is 22.2 Å². The van der Waals surface area contributed by atoms with Crippen LogP contribution in [0.3, 0.4) is 0 Å². The largest absolute Gasteiger partial charge is 0.381 e. The number of hydrogen-bond acceptors (Lipinski definition) is 8. The summed E-state index contributed by atoms with van der Waals surface area (Å²) in [6.07, 6.45) is 1.90. The van der Waals surface area contributed by atoms with Gasteiger partial charge in [-0.25, -0.2) is 8.42 Å². The van der Waals surface area contributed by atoms with Crippen molar-refractivity contribution in [3.05, 3.63) is 39.6 Å². The van der Waals surface area contributed by atoms with Gasteiger partial charge >= 0.3 is 5.69 Å². The molecule has 0 fully saturated rings. The van der Waals surface area contributed by atoms with Gasteiger partial charge in [0.15, 0.2) is 15.7 Å². The van der Waals surface area contributed by atoms with Gasteiger partial charge in [-0.1, -0.05) is 6.07 Å². The summed E-state index contributed by atoms with van der Waals surface area (Å²) in [7, 11) is -3.73. The van der Waals surface area contributed by atoms with E-state index >= 15 is 0 Å². The molecule has 2 rings (SSSR count). The van der Waals surface area contributed by atoms with Crippen LogP contribution in [0.5, 0.6) is 0 Å². The average molecular weight is 364 g/mol. The number of benzene rings is 1. The van der Waals surface area contributed by atoms with Gasteiger partial charge in [-0.15, -0.1) is 0 Å². The number of nitro groups is 1. The van der Waals surface area contributed by atoms with Crippen LogP contribution in [0.15, 0.2) is 23.1 Å². The zero-order valence-corrected chi connectivity index (χ0v) is 14.1. The minimum Gasteiger partial charge on any atom is -0.381 e. The maximum Gasteiger partial charge on any atom is 0.310 e. The molecule has 11 heteroatoms. The van der Waals surface area contributed by atoms with Gasteiger partial charge in [0, 0.05) is 12.8 Å². The smallest absolute Gasteiger partial charge is 0.310 e. The molecular formula is C14H16N6O4S. The highest BCUT2D eigenvalue weighted by atomic mass is 32.2. The molecule has 4 N–H and O–H groups in total. The zero-order valence-electron chi connectivity index (χ0n) is 13.3. The first kappa shape index (κ1) is 18.2. The molecule has 0 aliphatic carbocycles. The van der Waals surface area contributed by atoms with E-state index in [1.165, 1.54) is 18.2 Å². The number of H-pyrrole nitrogens is 1. The summed E-state index contributed by atoms with van der Waals surface area (Å²) in [5.41, 5.74) is 6.06. The molecule has 1 aromatic heterocycles. The lowest BCUT2D eigenvalue weighted by molar-refractivity contribution is -0.386. The fourth-order valence-corrected chi connectivity index (χ4v) is 3.20. The van der Waals surface area contributed by atoms with Gasteiger partial charge in [0.05, 0.1) is 10.6 Å². The maximum absolute atomic E-state index is 11.7. The molecule has 0 saturated carbocycles. The first-order valence-electron chi connectivity index (χ1n) is 7.20. The molecule has 25 heavy (non-hydrogen) atoms. The Labute approximate surface area is 143 Å². The predicted octanol–water partition coefficient (Wildman–Crippen LogP) is 1.22. The summed E-state index contributed by atoms with van der Waals surface area (Å²) in [5, 5.41) is 29.5. The van der Waals surface area contributed by atoms with Crippen molar-refractivity contribution in [1.29, 1.82) is 5.26 Å². The second kappa shape index (κ2) is 7.18. The SMILES string of the molecule is CS(=O)(=O)c1cccc(NCCCc2[nH]nc(N)c2C#N)c1[N+](=O)[O-]. The Hall–Kier alpha value is -3.13. The lowest BCUT2D eigenvalue weighted by Gasteiger charge is -2.09. The second-order valence-corrected chi connectivity index (χ2v) is 7.27. The van der Waals surface area contributed by atoms with Gasteiger partial charge in [-0.3, -0.25) is 15.2 Å². The van der Waals surface area contributed by atoms with Crippen molar-refractivity contribution in [2.24, 2.45) is 0 Å². The first-order valence-corrected chi connectivity index (χ1v) is 9.09. The molecule has 10 nitrogen and oxygen atoms in total. The Balaban J connectivity index is 2.11. The number of aromatic amines is 1. The van der Waals surface area contributed by atoms with E-state index in [0.29, 0.717) is 25.1 Å². The van der Waals surface area contributed by atoms with Crippen LogP contribution >= 0.6 is 0 Å². The molecule has 0 aliphatic heterocycles. The van der Waals surface area contributed by atoms with Crippen molar-refractivity contribution in [2.45, 2.75) is 17.7 Å². The van der Waals surface area contributed by atoms with E-state index in [1.807, 2.05) is 6.07 Å². The van der Waals surface area contributed by atoms with E-state index in [2.05, 4.69) is 15.5 Å². The molecule has 1 heterocycles. The molecule has 132 valence electrons. The highest BCUT2D eigenvalue weighted by Crippen LogP contribution is 2.31. The van der Waals surface area contributed by atoms with Crippen molar-refractivity contribution in [3.8, 4) is 6.07 Å². The molecule has 0 radical (unpaired) electrons. The molecule has 0 saturated heterocycles. The van der Waals surface area contributed by atoms with Crippen molar-refractivity contribution in [2.75, 3.05) is 23.9 Å². The zero-order chi connectivity index (χ0) is 18.6. The van der Waals surface area contributed by atoms with Gasteiger partial charge in [-0.2, -0.15) is 10.4 Å². The Morgan fingerprint density at radius 3 is 2.80 bits per heavy atom. The van der Waals surface area contributed by atoms with Crippen LogP contribution in [-0.2, 0) is 16.3 Å². The lowest BCUT2D eigenvalue weighted by atomic mass is 10.1. The highest BCUT2D eigenvalue weighted by Gasteiger charge is 2.25. The number of sulfone groups is 1. The van der Waals surface area contributed by atoms with Crippen molar-refractivity contribution in [1.82, 2.24) is 10.2 Å². The van der Waals surface area contributed by atoms with E-state index in [-0.39, 0.29) is 22.0 Å². The van der Waals surface area contributed by atoms with E-state index in [9.17, 15) is 18.5 Å². The number of aryl methyl sites for hydroxylation is 1. The topological polar surface area (TPSA) is 168 Å². The van der Waals surface area contributed by atoms with Crippen LogP contribution in [-0.4, -0.2) is 36.3 Å². The average Bonchev–Trinajstić information content (AvgIpc) is 2.90. The Morgan fingerprint density at radius 2 is 2.20 bits per heavy atom. The van der Waals surface area contributed by atoms with E-state index in [4.69, 9.17) is 11.0 Å². The summed E-state index contributed by atoms with van der Waals surface area (Å²) in [5.74, 6) is 0.127. The van der Waals surface area contributed by atoms with Gasteiger partial charge in [-0.05, 0) is 25.0 Å². The van der Waals surface area contributed by atoms with Gasteiger partial charge in [0.25, 0.3) is 0 Å². The number of aromatic nitrogens is 2. The standard InChI is InChI=1S/C14H16N6O4S/c1-25(23,24)12-6-2-4-11(13(12)20(21)22)17-7-3-5-10-9(8-15)14(16)19-18-10/h2,4,6,17H,3,5,7H2,1H3,(H3,16,18,19). The molecule has 0 unspecified atom stereocenters. The van der Waals surface area contributed by atoms with E-state index < -0.39 is 20.4 Å². The normalized spacial score (nSPS) is 11.0. The molecular weight excluding hydrogens is 348 g/mol. The van der Waals surface area contributed by atoms with Gasteiger partial charge < -0.3 is 11.1 Å². The number of nitrogens with two attached hydrogens (primary N) is 1. The number of nitro benzene ring substituents is 1.